The molecule has 1 fully saturated rings. The third-order valence-corrected chi connectivity index (χ3v) is 3.96. The molecule has 1 aromatic heterocycles. The van der Waals surface area contributed by atoms with Crippen molar-refractivity contribution >= 4 is 0 Å². The quantitative estimate of drug-likeness (QED) is 0.892. The van der Waals surface area contributed by atoms with Gasteiger partial charge in [0.05, 0.1) is 12.2 Å². The average molecular weight is 265 g/mol. The Morgan fingerprint density at radius 2 is 2.11 bits per heavy atom. The van der Waals surface area contributed by atoms with Gasteiger partial charge in [0.1, 0.15) is 5.76 Å². The Labute approximate surface area is 116 Å². The van der Waals surface area contributed by atoms with Crippen molar-refractivity contribution in [3.63, 3.8) is 0 Å². The van der Waals surface area contributed by atoms with E-state index >= 15 is 0 Å². The molecular weight excluding hydrogens is 238 g/mol. The molecule has 0 saturated carbocycles. The number of nitrogens with one attached hydrogen (secondary N) is 1. The lowest BCUT2D eigenvalue weighted by Gasteiger charge is -2.33. The Bertz CT molecular complexity index is 400. The van der Waals surface area contributed by atoms with E-state index in [2.05, 4.69) is 36.0 Å². The molecule has 0 spiro atoms. The van der Waals surface area contributed by atoms with Gasteiger partial charge in [-0.3, -0.25) is 4.90 Å². The van der Waals surface area contributed by atoms with E-state index in [-0.39, 0.29) is 5.41 Å². The molecule has 0 aromatic carbocycles. The minimum atomic E-state index is 0.283. The highest BCUT2D eigenvalue weighted by molar-refractivity contribution is 5.05. The van der Waals surface area contributed by atoms with Crippen LogP contribution in [0.25, 0.3) is 0 Å². The van der Waals surface area contributed by atoms with Crippen molar-refractivity contribution in [1.82, 2.24) is 15.2 Å². The zero-order chi connectivity index (χ0) is 14.0. The first-order chi connectivity index (χ1) is 8.86. The largest absolute Gasteiger partial charge is 0.444 e. The summed E-state index contributed by atoms with van der Waals surface area (Å²) in [5.41, 5.74) is 1.29. The number of nitrogens with zero attached hydrogens (tertiary/aromatic N) is 2. The molecule has 1 aliphatic rings. The second-order valence-corrected chi connectivity index (χ2v) is 6.71. The zero-order valence-corrected chi connectivity index (χ0v) is 12.9. The van der Waals surface area contributed by atoms with Crippen LogP contribution in [0, 0.1) is 19.3 Å². The molecule has 0 aliphatic carbocycles. The SMILES string of the molecule is Cc1nc(CN2CCCNC(C(C)(C)C)C2)oc1C. The standard InChI is InChI=1S/C15H27N3O/c1-11-12(2)19-14(17-11)10-18-8-6-7-16-13(9-18)15(3,4)5/h13,16H,6-10H2,1-5H3. The lowest BCUT2D eigenvalue weighted by molar-refractivity contribution is 0.180. The van der Waals surface area contributed by atoms with Gasteiger partial charge in [0.25, 0.3) is 0 Å². The minimum Gasteiger partial charge on any atom is -0.444 e. The number of hydrogen-bond donors (Lipinski definition) is 1. The van der Waals surface area contributed by atoms with Crippen molar-refractivity contribution in [2.24, 2.45) is 5.41 Å². The van der Waals surface area contributed by atoms with Crippen LogP contribution in [0.5, 0.6) is 0 Å². The average Bonchev–Trinajstić information content (AvgIpc) is 2.53. The van der Waals surface area contributed by atoms with E-state index in [1.54, 1.807) is 0 Å². The molecule has 108 valence electrons. The molecule has 0 amide bonds. The van der Waals surface area contributed by atoms with Crippen LogP contribution in [-0.4, -0.2) is 35.6 Å². The molecule has 2 rings (SSSR count). The van der Waals surface area contributed by atoms with E-state index in [1.807, 2.05) is 13.8 Å². The summed E-state index contributed by atoms with van der Waals surface area (Å²) in [5.74, 6) is 1.79. The van der Waals surface area contributed by atoms with Crippen LogP contribution in [0.4, 0.5) is 0 Å². The van der Waals surface area contributed by atoms with Crippen LogP contribution >= 0.6 is 0 Å². The summed E-state index contributed by atoms with van der Waals surface area (Å²) in [7, 11) is 0. The molecule has 0 radical (unpaired) electrons. The number of oxazole rings is 1. The second kappa shape index (κ2) is 5.63. The Balaban J connectivity index is 2.02. The van der Waals surface area contributed by atoms with E-state index < -0.39 is 0 Å². The maximum absolute atomic E-state index is 5.71. The van der Waals surface area contributed by atoms with Crippen LogP contribution in [0.15, 0.2) is 4.42 Å². The first kappa shape index (κ1) is 14.5. The minimum absolute atomic E-state index is 0.283. The van der Waals surface area contributed by atoms with Crippen LogP contribution in [-0.2, 0) is 6.54 Å². The predicted octanol–water partition coefficient (Wildman–Crippen LogP) is 2.50. The molecule has 1 aromatic rings. The van der Waals surface area contributed by atoms with E-state index in [1.165, 1.54) is 6.42 Å². The Hall–Kier alpha value is -0.870. The second-order valence-electron chi connectivity index (χ2n) is 6.71. The normalized spacial score (nSPS) is 22.5. The topological polar surface area (TPSA) is 41.3 Å². The molecule has 1 aliphatic heterocycles. The molecule has 1 atom stereocenters. The third-order valence-electron chi connectivity index (χ3n) is 3.96. The van der Waals surface area contributed by atoms with Crippen LogP contribution in [0.2, 0.25) is 0 Å². The summed E-state index contributed by atoms with van der Waals surface area (Å²) >= 11 is 0. The molecule has 2 heterocycles. The molecule has 4 nitrogen and oxygen atoms in total. The lowest BCUT2D eigenvalue weighted by atomic mass is 9.86. The molecular formula is C15H27N3O. The Morgan fingerprint density at radius 3 is 2.68 bits per heavy atom. The van der Waals surface area contributed by atoms with E-state index in [4.69, 9.17) is 4.42 Å². The molecule has 1 saturated heterocycles. The summed E-state index contributed by atoms with van der Waals surface area (Å²) < 4.78 is 5.71. The Morgan fingerprint density at radius 1 is 1.37 bits per heavy atom. The predicted molar refractivity (Wildman–Crippen MR) is 77.1 cm³/mol. The number of aryl methyl sites for hydroxylation is 2. The van der Waals surface area contributed by atoms with E-state index in [0.29, 0.717) is 6.04 Å². The van der Waals surface area contributed by atoms with Gasteiger partial charge >= 0.3 is 0 Å². The van der Waals surface area contributed by atoms with Crippen molar-refractivity contribution in [2.75, 3.05) is 19.6 Å². The molecule has 1 N–H and O–H groups in total. The lowest BCUT2D eigenvalue weighted by Crippen LogP contribution is -2.46. The molecule has 0 bridgehead atoms. The van der Waals surface area contributed by atoms with Crippen LogP contribution in [0.1, 0.15) is 44.5 Å². The van der Waals surface area contributed by atoms with Crippen molar-refractivity contribution in [3.8, 4) is 0 Å². The fourth-order valence-electron chi connectivity index (χ4n) is 2.51. The van der Waals surface area contributed by atoms with Crippen molar-refractivity contribution in [3.05, 3.63) is 17.3 Å². The van der Waals surface area contributed by atoms with Gasteiger partial charge in [-0.05, 0) is 38.8 Å². The zero-order valence-electron chi connectivity index (χ0n) is 12.9. The third kappa shape index (κ3) is 3.80. The van der Waals surface area contributed by atoms with Crippen molar-refractivity contribution in [2.45, 2.75) is 53.6 Å². The summed E-state index contributed by atoms with van der Waals surface area (Å²) in [6, 6.07) is 0.521. The van der Waals surface area contributed by atoms with Gasteiger partial charge in [-0.15, -0.1) is 0 Å². The van der Waals surface area contributed by atoms with Gasteiger partial charge < -0.3 is 9.73 Å². The van der Waals surface area contributed by atoms with E-state index in [9.17, 15) is 0 Å². The van der Waals surface area contributed by atoms with Gasteiger partial charge in [-0.1, -0.05) is 20.8 Å². The highest BCUT2D eigenvalue weighted by atomic mass is 16.4. The summed E-state index contributed by atoms with van der Waals surface area (Å²) in [6.45, 7) is 15.0. The summed E-state index contributed by atoms with van der Waals surface area (Å²) in [5, 5.41) is 3.66. The highest BCUT2D eigenvalue weighted by Gasteiger charge is 2.28. The van der Waals surface area contributed by atoms with Gasteiger partial charge in [0.2, 0.25) is 5.89 Å². The van der Waals surface area contributed by atoms with Crippen molar-refractivity contribution < 1.29 is 4.42 Å². The van der Waals surface area contributed by atoms with Crippen LogP contribution in [0.3, 0.4) is 0 Å². The first-order valence-corrected chi connectivity index (χ1v) is 7.25. The first-order valence-electron chi connectivity index (χ1n) is 7.25. The molecule has 4 heteroatoms. The Kier molecular flexibility index (Phi) is 4.31. The van der Waals surface area contributed by atoms with Gasteiger partial charge in [0, 0.05) is 12.6 Å². The maximum Gasteiger partial charge on any atom is 0.208 e. The number of aromatic nitrogens is 1. The maximum atomic E-state index is 5.71. The van der Waals surface area contributed by atoms with Gasteiger partial charge in [-0.2, -0.15) is 0 Å². The number of rotatable bonds is 2. The van der Waals surface area contributed by atoms with Crippen LogP contribution < -0.4 is 5.32 Å². The summed E-state index contributed by atoms with van der Waals surface area (Å²) in [4.78, 5) is 6.95. The monoisotopic (exact) mass is 265 g/mol. The molecule has 1 unspecified atom stereocenters. The summed E-state index contributed by atoms with van der Waals surface area (Å²) in [6.07, 6.45) is 1.19. The van der Waals surface area contributed by atoms with Gasteiger partial charge in [-0.25, -0.2) is 4.98 Å². The van der Waals surface area contributed by atoms with E-state index in [0.717, 1.165) is 43.5 Å². The number of hydrogen-bond acceptors (Lipinski definition) is 4. The van der Waals surface area contributed by atoms with Gasteiger partial charge in [0.15, 0.2) is 0 Å². The molecule has 19 heavy (non-hydrogen) atoms. The van der Waals surface area contributed by atoms with Crippen molar-refractivity contribution in [1.29, 1.82) is 0 Å². The fourth-order valence-corrected chi connectivity index (χ4v) is 2.51. The fraction of sp³-hybridized carbons (Fsp3) is 0.800. The smallest absolute Gasteiger partial charge is 0.208 e. The highest BCUT2D eigenvalue weighted by Crippen LogP contribution is 2.22.